The van der Waals surface area contributed by atoms with Crippen molar-refractivity contribution >= 4 is 17.5 Å². The van der Waals surface area contributed by atoms with Crippen LogP contribution in [-0.4, -0.2) is 27.8 Å². The molecule has 140 valence electrons. The second-order valence-electron chi connectivity index (χ2n) is 6.26. The maximum absolute atomic E-state index is 12.9. The minimum absolute atomic E-state index is 0.0615. The quantitative estimate of drug-likeness (QED) is 0.622. The van der Waals surface area contributed by atoms with E-state index in [0.717, 1.165) is 23.4 Å². The molecule has 0 spiro atoms. The third-order valence-corrected chi connectivity index (χ3v) is 3.69. The van der Waals surface area contributed by atoms with Gasteiger partial charge in [-0.25, -0.2) is 4.39 Å². The largest absolute Gasteiger partial charge is 0.489 e. The van der Waals surface area contributed by atoms with Crippen LogP contribution in [0, 0.1) is 5.82 Å². The molecule has 3 aromatic rings. The number of ether oxygens (including phenoxy) is 1. The number of anilines is 3. The van der Waals surface area contributed by atoms with Crippen LogP contribution in [0.25, 0.3) is 0 Å². The number of aromatic nitrogens is 3. The number of halogens is 1. The van der Waals surface area contributed by atoms with Crippen molar-refractivity contribution in [2.45, 2.75) is 26.4 Å². The summed E-state index contributed by atoms with van der Waals surface area (Å²) in [5.41, 5.74) is 1.82. The number of para-hydroxylation sites is 2. The smallest absolute Gasteiger partial charge is 0.249 e. The fraction of sp³-hybridized carbons (Fsp3) is 0.250. The fourth-order valence-electron chi connectivity index (χ4n) is 2.47. The molecule has 27 heavy (non-hydrogen) atoms. The Morgan fingerprint density at radius 3 is 2.63 bits per heavy atom. The van der Waals surface area contributed by atoms with Crippen molar-refractivity contribution in [1.82, 2.24) is 15.2 Å². The van der Waals surface area contributed by atoms with E-state index in [2.05, 4.69) is 25.8 Å². The van der Waals surface area contributed by atoms with Crippen LogP contribution < -0.4 is 15.4 Å². The van der Waals surface area contributed by atoms with Crippen molar-refractivity contribution in [1.29, 1.82) is 0 Å². The summed E-state index contributed by atoms with van der Waals surface area (Å²) in [5, 5.41) is 14.3. The Bertz CT molecular complexity index is 870. The Morgan fingerprint density at radius 2 is 1.85 bits per heavy atom. The van der Waals surface area contributed by atoms with Crippen LogP contribution in [0.5, 0.6) is 5.75 Å². The van der Waals surface area contributed by atoms with E-state index in [-0.39, 0.29) is 11.9 Å². The molecular weight excluding hydrogens is 345 g/mol. The average molecular weight is 367 g/mol. The number of nitrogens with one attached hydrogen (secondary N) is 2. The zero-order chi connectivity index (χ0) is 19.1. The summed E-state index contributed by atoms with van der Waals surface area (Å²) in [6, 6.07) is 14.1. The highest BCUT2D eigenvalue weighted by Gasteiger charge is 2.08. The Labute approximate surface area is 157 Å². The van der Waals surface area contributed by atoms with Crippen LogP contribution in [0.2, 0.25) is 0 Å². The molecule has 0 saturated heterocycles. The minimum Gasteiger partial charge on any atom is -0.489 e. The molecule has 0 amide bonds. The van der Waals surface area contributed by atoms with Gasteiger partial charge >= 0.3 is 0 Å². The maximum atomic E-state index is 12.9. The second-order valence-corrected chi connectivity index (χ2v) is 6.26. The Balaban J connectivity index is 1.61. The van der Waals surface area contributed by atoms with E-state index in [4.69, 9.17) is 4.74 Å². The highest BCUT2D eigenvalue weighted by Crippen LogP contribution is 2.27. The van der Waals surface area contributed by atoms with Gasteiger partial charge in [-0.05, 0) is 50.1 Å². The molecule has 0 unspecified atom stereocenters. The van der Waals surface area contributed by atoms with Crippen LogP contribution in [0.3, 0.4) is 0 Å². The lowest BCUT2D eigenvalue weighted by molar-refractivity contribution is 0.244. The van der Waals surface area contributed by atoms with Gasteiger partial charge in [0.15, 0.2) is 5.82 Å². The van der Waals surface area contributed by atoms with Crippen LogP contribution in [-0.2, 0) is 6.42 Å². The first-order valence-electron chi connectivity index (χ1n) is 8.81. The molecule has 2 aromatic carbocycles. The van der Waals surface area contributed by atoms with Gasteiger partial charge in [-0.15, -0.1) is 5.10 Å². The van der Waals surface area contributed by atoms with Crippen molar-refractivity contribution in [3.63, 3.8) is 0 Å². The van der Waals surface area contributed by atoms with E-state index < -0.39 is 0 Å². The molecule has 2 N–H and O–H groups in total. The molecule has 0 radical (unpaired) electrons. The Hall–Kier alpha value is -3.22. The van der Waals surface area contributed by atoms with Gasteiger partial charge in [-0.1, -0.05) is 24.3 Å². The molecule has 0 aliphatic carbocycles. The van der Waals surface area contributed by atoms with Crippen LogP contribution >= 0.6 is 0 Å². The highest BCUT2D eigenvalue weighted by atomic mass is 19.1. The van der Waals surface area contributed by atoms with Gasteiger partial charge in [0.25, 0.3) is 0 Å². The lowest BCUT2D eigenvalue weighted by atomic mass is 10.1. The molecule has 0 saturated carbocycles. The third kappa shape index (κ3) is 5.64. The Morgan fingerprint density at radius 1 is 1.07 bits per heavy atom. The summed E-state index contributed by atoms with van der Waals surface area (Å²) in [6.07, 6.45) is 2.37. The molecule has 0 atom stereocenters. The van der Waals surface area contributed by atoms with E-state index in [1.807, 2.05) is 38.1 Å². The molecule has 0 aliphatic rings. The summed E-state index contributed by atoms with van der Waals surface area (Å²) < 4.78 is 18.7. The SMILES string of the molecule is CC(C)Oc1ccccc1Nc1nncc(NCCc2ccc(F)cc2)n1. The van der Waals surface area contributed by atoms with Gasteiger partial charge in [0.2, 0.25) is 5.95 Å². The number of rotatable bonds is 8. The molecule has 6 nitrogen and oxygen atoms in total. The normalized spacial score (nSPS) is 10.7. The number of nitrogens with zero attached hydrogens (tertiary/aromatic N) is 3. The van der Waals surface area contributed by atoms with Crippen molar-refractivity contribution in [3.8, 4) is 5.75 Å². The first-order valence-corrected chi connectivity index (χ1v) is 8.81. The lowest BCUT2D eigenvalue weighted by Crippen LogP contribution is -2.10. The first kappa shape index (κ1) is 18.6. The van der Waals surface area contributed by atoms with Crippen molar-refractivity contribution in [2.24, 2.45) is 0 Å². The van der Waals surface area contributed by atoms with Crippen LogP contribution in [0.15, 0.2) is 54.7 Å². The van der Waals surface area contributed by atoms with Gasteiger partial charge in [0.05, 0.1) is 18.0 Å². The van der Waals surface area contributed by atoms with Gasteiger partial charge in [-0.2, -0.15) is 10.1 Å². The molecule has 7 heteroatoms. The predicted octanol–water partition coefficient (Wildman–Crippen LogP) is 4.20. The van der Waals surface area contributed by atoms with Gasteiger partial charge in [0, 0.05) is 6.54 Å². The number of hydrogen-bond donors (Lipinski definition) is 2. The van der Waals surface area contributed by atoms with Gasteiger partial charge < -0.3 is 15.4 Å². The van der Waals surface area contributed by atoms with E-state index in [0.29, 0.717) is 18.3 Å². The third-order valence-electron chi connectivity index (χ3n) is 3.69. The Kier molecular flexibility index (Phi) is 6.14. The minimum atomic E-state index is -0.232. The van der Waals surface area contributed by atoms with E-state index in [1.54, 1.807) is 18.3 Å². The summed E-state index contributed by atoms with van der Waals surface area (Å²) in [4.78, 5) is 4.42. The first-order chi connectivity index (χ1) is 13.1. The summed E-state index contributed by atoms with van der Waals surface area (Å²) in [5.74, 6) is 1.48. The highest BCUT2D eigenvalue weighted by molar-refractivity contribution is 5.62. The molecule has 0 bridgehead atoms. The summed E-state index contributed by atoms with van der Waals surface area (Å²) in [7, 11) is 0. The van der Waals surface area contributed by atoms with Gasteiger partial charge in [0.1, 0.15) is 11.6 Å². The van der Waals surface area contributed by atoms with Crippen molar-refractivity contribution < 1.29 is 9.13 Å². The molecule has 1 aromatic heterocycles. The molecular formula is C20H22FN5O. The topological polar surface area (TPSA) is 72.0 Å². The zero-order valence-electron chi connectivity index (χ0n) is 15.3. The lowest BCUT2D eigenvalue weighted by Gasteiger charge is -2.14. The van der Waals surface area contributed by atoms with Crippen molar-refractivity contribution in [3.05, 3.63) is 66.1 Å². The summed E-state index contributed by atoms with van der Waals surface area (Å²) in [6.45, 7) is 4.60. The van der Waals surface area contributed by atoms with Crippen LogP contribution in [0.4, 0.5) is 21.8 Å². The standard InChI is InChI=1S/C20H22FN5O/c1-14(2)27-18-6-4-3-5-17(18)24-20-25-19(13-23-26-20)22-12-11-15-7-9-16(21)10-8-15/h3-10,13-14H,11-12H2,1-2H3,(H2,22,24,25,26). The average Bonchev–Trinajstić information content (AvgIpc) is 2.65. The number of hydrogen-bond acceptors (Lipinski definition) is 6. The van der Waals surface area contributed by atoms with E-state index in [1.165, 1.54) is 12.1 Å². The summed E-state index contributed by atoms with van der Waals surface area (Å²) >= 11 is 0. The predicted molar refractivity (Wildman–Crippen MR) is 104 cm³/mol. The maximum Gasteiger partial charge on any atom is 0.249 e. The van der Waals surface area contributed by atoms with Crippen molar-refractivity contribution in [2.75, 3.05) is 17.2 Å². The van der Waals surface area contributed by atoms with Gasteiger partial charge in [-0.3, -0.25) is 0 Å². The van der Waals surface area contributed by atoms with Crippen LogP contribution in [0.1, 0.15) is 19.4 Å². The molecule has 1 heterocycles. The molecule has 0 fully saturated rings. The van der Waals surface area contributed by atoms with E-state index in [9.17, 15) is 4.39 Å². The molecule has 3 rings (SSSR count). The fourth-order valence-corrected chi connectivity index (χ4v) is 2.47. The zero-order valence-corrected chi connectivity index (χ0v) is 15.3. The monoisotopic (exact) mass is 367 g/mol. The van der Waals surface area contributed by atoms with E-state index >= 15 is 0 Å². The number of benzene rings is 2. The molecule has 0 aliphatic heterocycles. The second kappa shape index (κ2) is 8.93.